The third kappa shape index (κ3) is 3.64. The lowest BCUT2D eigenvalue weighted by atomic mass is 10.0. The van der Waals surface area contributed by atoms with Gasteiger partial charge in [-0.2, -0.15) is 13.2 Å². The maximum absolute atomic E-state index is 13.3. The summed E-state index contributed by atoms with van der Waals surface area (Å²) in [5.41, 5.74) is 0.497. The Morgan fingerprint density at radius 3 is 2.50 bits per heavy atom. The molecule has 1 amide bonds. The van der Waals surface area contributed by atoms with Crippen LogP contribution in [0.5, 0.6) is 0 Å². The van der Waals surface area contributed by atoms with Crippen molar-refractivity contribution in [2.75, 3.05) is 12.1 Å². The average molecular weight is 430 g/mol. The van der Waals surface area contributed by atoms with Gasteiger partial charge in [-0.1, -0.05) is 29.8 Å². The largest absolute Gasteiger partial charge is 0.416 e. The van der Waals surface area contributed by atoms with E-state index in [4.69, 9.17) is 11.6 Å². The van der Waals surface area contributed by atoms with E-state index in [0.29, 0.717) is 22.1 Å². The van der Waals surface area contributed by atoms with Crippen LogP contribution in [0.25, 0.3) is 11.8 Å². The minimum absolute atomic E-state index is 0.180. The third-order valence-corrected chi connectivity index (χ3v) is 4.94. The number of amides is 1. The van der Waals surface area contributed by atoms with Crippen molar-refractivity contribution in [1.82, 2.24) is 9.99 Å². The van der Waals surface area contributed by atoms with Crippen LogP contribution in [-0.2, 0) is 6.18 Å². The summed E-state index contributed by atoms with van der Waals surface area (Å²) in [6.07, 6.45) is -1.32. The smallest absolute Gasteiger partial charge is 0.267 e. The third-order valence-electron chi connectivity index (χ3n) is 4.71. The Bertz CT molecular complexity index is 1150. The van der Waals surface area contributed by atoms with Gasteiger partial charge in [0.1, 0.15) is 5.82 Å². The number of halogens is 4. The standard InChI is InChI=1S/C22H15ClF3N3O/c1-28(20-7-2-3-10-27-20)29-19(12-14-5-4-6-16(23)11-14)18-13-15(22(24,25)26)8-9-17(18)21(29)30/h2-13H,1H3/b19-12-. The van der Waals surface area contributed by atoms with Crippen molar-refractivity contribution in [3.63, 3.8) is 0 Å². The van der Waals surface area contributed by atoms with Crippen molar-refractivity contribution < 1.29 is 18.0 Å². The molecule has 0 saturated heterocycles. The van der Waals surface area contributed by atoms with E-state index in [1.54, 1.807) is 61.8 Å². The fourth-order valence-corrected chi connectivity index (χ4v) is 3.49. The van der Waals surface area contributed by atoms with Gasteiger partial charge in [0.05, 0.1) is 16.8 Å². The molecule has 0 unspecified atom stereocenters. The van der Waals surface area contributed by atoms with Crippen molar-refractivity contribution in [2.45, 2.75) is 6.18 Å². The van der Waals surface area contributed by atoms with Gasteiger partial charge in [-0.05, 0) is 54.1 Å². The number of aromatic nitrogens is 1. The van der Waals surface area contributed by atoms with Crippen molar-refractivity contribution in [3.05, 3.63) is 94.1 Å². The summed E-state index contributed by atoms with van der Waals surface area (Å²) in [7, 11) is 1.63. The maximum atomic E-state index is 13.3. The first-order valence-electron chi connectivity index (χ1n) is 8.94. The van der Waals surface area contributed by atoms with Crippen LogP contribution >= 0.6 is 11.6 Å². The second kappa shape index (κ2) is 7.50. The molecule has 0 fully saturated rings. The van der Waals surface area contributed by atoms with Gasteiger partial charge in [-0.15, -0.1) is 0 Å². The van der Waals surface area contributed by atoms with Gasteiger partial charge < -0.3 is 0 Å². The molecule has 152 valence electrons. The summed E-state index contributed by atoms with van der Waals surface area (Å²) in [6.45, 7) is 0. The van der Waals surface area contributed by atoms with Crippen LogP contribution in [0.1, 0.15) is 27.0 Å². The summed E-state index contributed by atoms with van der Waals surface area (Å²) in [5.74, 6) is 0.0202. The molecule has 0 atom stereocenters. The normalized spacial score (nSPS) is 14.9. The molecular formula is C22H15ClF3N3O. The number of hydrogen-bond acceptors (Lipinski definition) is 3. The van der Waals surface area contributed by atoms with Gasteiger partial charge in [0.2, 0.25) is 0 Å². The SMILES string of the molecule is CN(c1ccccn1)N1C(=O)c2ccc(C(F)(F)F)cc2/C1=C/c1cccc(Cl)c1. The summed E-state index contributed by atoms with van der Waals surface area (Å²) in [6, 6.07) is 15.2. The fraction of sp³-hybridized carbons (Fsp3) is 0.0909. The molecule has 2 aromatic carbocycles. The number of fused-ring (bicyclic) bond motifs is 1. The van der Waals surface area contributed by atoms with Crippen LogP contribution in [0.15, 0.2) is 66.9 Å². The van der Waals surface area contributed by atoms with E-state index in [9.17, 15) is 18.0 Å². The van der Waals surface area contributed by atoms with E-state index >= 15 is 0 Å². The number of alkyl halides is 3. The molecule has 4 nitrogen and oxygen atoms in total. The average Bonchev–Trinajstić information content (AvgIpc) is 2.99. The van der Waals surface area contributed by atoms with E-state index in [2.05, 4.69) is 4.98 Å². The van der Waals surface area contributed by atoms with Crippen LogP contribution in [0.4, 0.5) is 19.0 Å². The Hall–Kier alpha value is -3.32. The molecule has 4 rings (SSSR count). The highest BCUT2D eigenvalue weighted by atomic mass is 35.5. The highest BCUT2D eigenvalue weighted by Gasteiger charge is 2.39. The zero-order valence-corrected chi connectivity index (χ0v) is 16.4. The second-order valence-corrected chi connectivity index (χ2v) is 7.11. The van der Waals surface area contributed by atoms with E-state index in [1.165, 1.54) is 16.1 Å². The number of pyridine rings is 1. The summed E-state index contributed by atoms with van der Waals surface area (Å²) in [5, 5.41) is 3.29. The molecule has 1 aliphatic rings. The van der Waals surface area contributed by atoms with Crippen molar-refractivity contribution in [1.29, 1.82) is 0 Å². The molecule has 1 aromatic heterocycles. The molecule has 30 heavy (non-hydrogen) atoms. The van der Waals surface area contributed by atoms with E-state index in [0.717, 1.165) is 12.1 Å². The zero-order chi connectivity index (χ0) is 21.5. The molecule has 0 saturated carbocycles. The van der Waals surface area contributed by atoms with Crippen LogP contribution in [0.2, 0.25) is 5.02 Å². The quantitative estimate of drug-likeness (QED) is 0.531. The lowest BCUT2D eigenvalue weighted by Gasteiger charge is -2.30. The minimum atomic E-state index is -4.53. The predicted molar refractivity (Wildman–Crippen MR) is 110 cm³/mol. The highest BCUT2D eigenvalue weighted by molar-refractivity contribution is 6.30. The highest BCUT2D eigenvalue weighted by Crippen LogP contribution is 2.40. The number of carbonyl (C=O) groups is 1. The molecule has 0 radical (unpaired) electrons. The summed E-state index contributed by atoms with van der Waals surface area (Å²) in [4.78, 5) is 17.4. The number of rotatable bonds is 3. The molecule has 0 N–H and O–H groups in total. The van der Waals surface area contributed by atoms with Crippen LogP contribution in [0.3, 0.4) is 0 Å². The fourth-order valence-electron chi connectivity index (χ4n) is 3.30. The first kappa shape index (κ1) is 20.0. The molecule has 8 heteroatoms. The molecule has 0 spiro atoms. The van der Waals surface area contributed by atoms with E-state index < -0.39 is 17.6 Å². The summed E-state index contributed by atoms with van der Waals surface area (Å²) < 4.78 is 40.0. The van der Waals surface area contributed by atoms with Gasteiger partial charge in [0.25, 0.3) is 5.91 Å². The van der Waals surface area contributed by atoms with Crippen LogP contribution in [-0.4, -0.2) is 22.9 Å². The Labute approximate surface area is 175 Å². The van der Waals surface area contributed by atoms with Gasteiger partial charge in [-0.3, -0.25) is 9.80 Å². The number of benzene rings is 2. The Balaban J connectivity index is 1.90. The van der Waals surface area contributed by atoms with Gasteiger partial charge >= 0.3 is 6.18 Å². The van der Waals surface area contributed by atoms with Crippen molar-refractivity contribution in [2.24, 2.45) is 0 Å². The molecule has 1 aliphatic heterocycles. The Morgan fingerprint density at radius 1 is 1.03 bits per heavy atom. The molecular weight excluding hydrogens is 415 g/mol. The van der Waals surface area contributed by atoms with Crippen molar-refractivity contribution >= 4 is 35.1 Å². The summed E-state index contributed by atoms with van der Waals surface area (Å²) >= 11 is 6.06. The first-order chi connectivity index (χ1) is 14.3. The predicted octanol–water partition coefficient (Wildman–Crippen LogP) is 5.76. The number of anilines is 1. The van der Waals surface area contributed by atoms with Crippen molar-refractivity contribution in [3.8, 4) is 0 Å². The van der Waals surface area contributed by atoms with Gasteiger partial charge in [-0.25, -0.2) is 9.99 Å². The minimum Gasteiger partial charge on any atom is -0.267 e. The van der Waals surface area contributed by atoms with E-state index in [1.807, 2.05) is 0 Å². The number of nitrogens with zero attached hydrogens (tertiary/aromatic N) is 3. The molecule has 3 aromatic rings. The van der Waals surface area contributed by atoms with Gasteiger partial charge in [0, 0.05) is 23.8 Å². The lowest BCUT2D eigenvalue weighted by molar-refractivity contribution is -0.137. The topological polar surface area (TPSA) is 36.4 Å². The molecule has 0 aliphatic carbocycles. The Kier molecular flexibility index (Phi) is 4.99. The second-order valence-electron chi connectivity index (χ2n) is 6.67. The zero-order valence-electron chi connectivity index (χ0n) is 15.7. The van der Waals surface area contributed by atoms with Gasteiger partial charge in [0.15, 0.2) is 0 Å². The number of carbonyl (C=O) groups excluding carboxylic acids is 1. The molecule has 0 bridgehead atoms. The Morgan fingerprint density at radius 2 is 1.83 bits per heavy atom. The first-order valence-corrected chi connectivity index (χ1v) is 9.31. The lowest BCUT2D eigenvalue weighted by Crippen LogP contribution is -2.39. The monoisotopic (exact) mass is 429 g/mol. The number of hydrogen-bond donors (Lipinski definition) is 0. The van der Waals surface area contributed by atoms with Crippen LogP contribution < -0.4 is 5.01 Å². The maximum Gasteiger partial charge on any atom is 0.416 e. The van der Waals surface area contributed by atoms with Crippen LogP contribution in [0, 0.1) is 0 Å². The number of hydrazine groups is 1. The molecule has 2 heterocycles. The van der Waals surface area contributed by atoms with E-state index in [-0.39, 0.29) is 11.1 Å².